The predicted molar refractivity (Wildman–Crippen MR) is 116 cm³/mol. The number of rotatable bonds is 6. The Hall–Kier alpha value is -1.82. The van der Waals surface area contributed by atoms with Gasteiger partial charge >= 0.3 is 0 Å². The van der Waals surface area contributed by atoms with Gasteiger partial charge in [-0.3, -0.25) is 14.2 Å². The summed E-state index contributed by atoms with van der Waals surface area (Å²) in [6.07, 6.45) is 5.52. The van der Waals surface area contributed by atoms with Crippen LogP contribution < -0.4 is 5.56 Å². The SMILES string of the molecule is CC(C)N(C(=O)CSc1nc2ccccc2c(=O)n1C1CCCCC1)C(C)C. The van der Waals surface area contributed by atoms with E-state index in [2.05, 4.69) is 0 Å². The van der Waals surface area contributed by atoms with Gasteiger partial charge in [-0.1, -0.05) is 43.2 Å². The molecule has 1 aliphatic carbocycles. The number of amides is 1. The number of nitrogens with zero attached hydrogens (tertiary/aromatic N) is 3. The van der Waals surface area contributed by atoms with Crippen LogP contribution in [-0.4, -0.2) is 38.2 Å². The summed E-state index contributed by atoms with van der Waals surface area (Å²) in [5.41, 5.74) is 0.733. The van der Waals surface area contributed by atoms with Crippen LogP contribution >= 0.6 is 11.8 Å². The average molecular weight is 402 g/mol. The molecule has 1 amide bonds. The van der Waals surface area contributed by atoms with Crippen molar-refractivity contribution in [1.29, 1.82) is 0 Å². The molecule has 0 atom stereocenters. The molecule has 0 N–H and O–H groups in total. The van der Waals surface area contributed by atoms with Crippen LogP contribution in [0.2, 0.25) is 0 Å². The van der Waals surface area contributed by atoms with E-state index >= 15 is 0 Å². The standard InChI is InChI=1S/C22H31N3O2S/c1-15(2)24(16(3)4)20(26)14-28-22-23-19-13-9-8-12-18(19)21(27)25(22)17-10-6-5-7-11-17/h8-9,12-13,15-17H,5-7,10-11,14H2,1-4H3. The van der Waals surface area contributed by atoms with Crippen molar-refractivity contribution in [3.63, 3.8) is 0 Å². The molecule has 6 heteroatoms. The van der Waals surface area contributed by atoms with Gasteiger partial charge in [-0.2, -0.15) is 0 Å². The van der Waals surface area contributed by atoms with E-state index in [4.69, 9.17) is 4.98 Å². The van der Waals surface area contributed by atoms with Crippen molar-refractivity contribution in [2.75, 3.05) is 5.75 Å². The second kappa shape index (κ2) is 9.12. The van der Waals surface area contributed by atoms with Crippen LogP contribution in [0.3, 0.4) is 0 Å². The van der Waals surface area contributed by atoms with E-state index in [0.29, 0.717) is 21.8 Å². The molecule has 0 radical (unpaired) electrons. The normalized spacial score (nSPS) is 15.5. The summed E-state index contributed by atoms with van der Waals surface area (Å²) in [5, 5.41) is 1.34. The lowest BCUT2D eigenvalue weighted by molar-refractivity contribution is -0.131. The van der Waals surface area contributed by atoms with Crippen molar-refractivity contribution in [3.8, 4) is 0 Å². The second-order valence-corrected chi connectivity index (χ2v) is 9.10. The Bertz CT molecular complexity index is 877. The molecule has 2 aromatic rings. The third-order valence-electron chi connectivity index (χ3n) is 5.44. The largest absolute Gasteiger partial charge is 0.337 e. The van der Waals surface area contributed by atoms with Gasteiger partial charge in [-0.05, 0) is 52.7 Å². The molecule has 0 spiro atoms. The van der Waals surface area contributed by atoms with Crippen LogP contribution in [-0.2, 0) is 4.79 Å². The van der Waals surface area contributed by atoms with Crippen molar-refractivity contribution in [3.05, 3.63) is 34.6 Å². The monoisotopic (exact) mass is 401 g/mol. The fourth-order valence-corrected chi connectivity index (χ4v) is 5.20. The number of benzene rings is 1. The summed E-state index contributed by atoms with van der Waals surface area (Å²) in [6.45, 7) is 8.15. The number of para-hydroxylation sites is 1. The van der Waals surface area contributed by atoms with Crippen molar-refractivity contribution >= 4 is 28.6 Å². The molecule has 0 saturated heterocycles. The highest BCUT2D eigenvalue weighted by molar-refractivity contribution is 7.99. The Labute approximate surface area is 171 Å². The summed E-state index contributed by atoms with van der Waals surface area (Å²) in [4.78, 5) is 32.8. The maximum Gasteiger partial charge on any atom is 0.262 e. The van der Waals surface area contributed by atoms with Crippen molar-refractivity contribution in [2.24, 2.45) is 0 Å². The maximum absolute atomic E-state index is 13.3. The highest BCUT2D eigenvalue weighted by atomic mass is 32.2. The number of aromatic nitrogens is 2. The average Bonchev–Trinajstić information content (AvgIpc) is 2.66. The lowest BCUT2D eigenvalue weighted by Gasteiger charge is -2.31. The summed E-state index contributed by atoms with van der Waals surface area (Å²) in [6, 6.07) is 8.00. The molecule has 5 nitrogen and oxygen atoms in total. The summed E-state index contributed by atoms with van der Waals surface area (Å²) in [7, 11) is 0. The number of carbonyl (C=O) groups excluding carboxylic acids is 1. The van der Waals surface area contributed by atoms with Gasteiger partial charge in [0.05, 0.1) is 16.7 Å². The first kappa shape index (κ1) is 20.9. The van der Waals surface area contributed by atoms with Crippen LogP contribution in [0.5, 0.6) is 0 Å². The van der Waals surface area contributed by atoms with E-state index < -0.39 is 0 Å². The fraction of sp³-hybridized carbons (Fsp3) is 0.591. The molecular weight excluding hydrogens is 370 g/mol. The summed E-state index contributed by atoms with van der Waals surface area (Å²) in [5.74, 6) is 0.390. The van der Waals surface area contributed by atoms with Gasteiger partial charge in [0.25, 0.3) is 5.56 Å². The minimum absolute atomic E-state index is 0.0250. The molecule has 28 heavy (non-hydrogen) atoms. The summed E-state index contributed by atoms with van der Waals surface area (Å²) >= 11 is 1.40. The zero-order valence-electron chi connectivity index (χ0n) is 17.4. The Balaban J connectivity index is 1.95. The molecule has 1 aliphatic rings. The Morgan fingerprint density at radius 3 is 2.43 bits per heavy atom. The first-order valence-corrected chi connectivity index (χ1v) is 11.3. The van der Waals surface area contributed by atoms with Gasteiger partial charge in [-0.15, -0.1) is 0 Å². The van der Waals surface area contributed by atoms with E-state index in [-0.39, 0.29) is 29.6 Å². The third kappa shape index (κ3) is 4.43. The van der Waals surface area contributed by atoms with Crippen LogP contribution in [0.1, 0.15) is 65.8 Å². The first-order valence-electron chi connectivity index (χ1n) is 10.4. The molecular formula is C22H31N3O2S. The van der Waals surface area contributed by atoms with Crippen LogP contribution in [0.4, 0.5) is 0 Å². The summed E-state index contributed by atoms with van der Waals surface area (Å²) < 4.78 is 1.87. The topological polar surface area (TPSA) is 55.2 Å². The van der Waals surface area contributed by atoms with E-state index in [1.165, 1.54) is 18.2 Å². The molecule has 0 unspecified atom stereocenters. The zero-order chi connectivity index (χ0) is 20.3. The van der Waals surface area contributed by atoms with Crippen LogP contribution in [0, 0.1) is 0 Å². The molecule has 1 saturated carbocycles. The third-order valence-corrected chi connectivity index (χ3v) is 6.38. The van der Waals surface area contributed by atoms with Gasteiger partial charge in [0.2, 0.25) is 5.91 Å². The van der Waals surface area contributed by atoms with Crippen molar-refractivity contribution < 1.29 is 4.79 Å². The lowest BCUT2D eigenvalue weighted by Crippen LogP contribution is -2.43. The van der Waals surface area contributed by atoms with Gasteiger partial charge in [-0.25, -0.2) is 4.98 Å². The van der Waals surface area contributed by atoms with Crippen molar-refractivity contribution in [2.45, 2.75) is 83.1 Å². The first-order chi connectivity index (χ1) is 13.4. The number of fused-ring (bicyclic) bond motifs is 1. The van der Waals surface area contributed by atoms with Gasteiger partial charge in [0.15, 0.2) is 5.16 Å². The molecule has 3 rings (SSSR count). The van der Waals surface area contributed by atoms with E-state index in [1.807, 2.05) is 61.4 Å². The highest BCUT2D eigenvalue weighted by Crippen LogP contribution is 2.31. The number of hydrogen-bond donors (Lipinski definition) is 0. The Kier molecular flexibility index (Phi) is 6.81. The molecule has 0 aliphatic heterocycles. The Morgan fingerprint density at radius 1 is 1.14 bits per heavy atom. The van der Waals surface area contributed by atoms with Crippen LogP contribution in [0.25, 0.3) is 10.9 Å². The highest BCUT2D eigenvalue weighted by Gasteiger charge is 2.24. The molecule has 1 aromatic heterocycles. The van der Waals surface area contributed by atoms with Gasteiger partial charge < -0.3 is 4.90 Å². The van der Waals surface area contributed by atoms with Gasteiger partial charge in [0, 0.05) is 18.1 Å². The molecule has 152 valence electrons. The number of thioether (sulfide) groups is 1. The predicted octanol–water partition coefficient (Wildman–Crippen LogP) is 4.64. The lowest BCUT2D eigenvalue weighted by atomic mass is 9.95. The van der Waals surface area contributed by atoms with Crippen molar-refractivity contribution in [1.82, 2.24) is 14.5 Å². The minimum Gasteiger partial charge on any atom is -0.337 e. The van der Waals surface area contributed by atoms with E-state index in [0.717, 1.165) is 25.7 Å². The second-order valence-electron chi connectivity index (χ2n) is 8.16. The van der Waals surface area contributed by atoms with Gasteiger partial charge in [0.1, 0.15) is 0 Å². The maximum atomic E-state index is 13.3. The van der Waals surface area contributed by atoms with E-state index in [9.17, 15) is 9.59 Å². The number of hydrogen-bond acceptors (Lipinski definition) is 4. The zero-order valence-corrected chi connectivity index (χ0v) is 18.2. The molecule has 1 aromatic carbocycles. The molecule has 0 bridgehead atoms. The smallest absolute Gasteiger partial charge is 0.262 e. The molecule has 1 fully saturated rings. The van der Waals surface area contributed by atoms with E-state index in [1.54, 1.807) is 0 Å². The molecule has 1 heterocycles. The van der Waals surface area contributed by atoms with Crippen LogP contribution in [0.15, 0.2) is 34.2 Å². The minimum atomic E-state index is 0.0250. The number of carbonyl (C=O) groups is 1. The Morgan fingerprint density at radius 2 is 1.79 bits per heavy atom. The fourth-order valence-electron chi connectivity index (χ4n) is 4.26. The quantitative estimate of drug-likeness (QED) is 0.523.